The van der Waals surface area contributed by atoms with Crippen LogP contribution < -0.4 is 0 Å². The van der Waals surface area contributed by atoms with E-state index in [1.807, 2.05) is 0 Å². The molecule has 0 N–H and O–H groups in total. The Morgan fingerprint density at radius 2 is 1.50 bits per heavy atom. The van der Waals surface area contributed by atoms with Crippen molar-refractivity contribution in [2.45, 2.75) is 43.8 Å². The highest BCUT2D eigenvalue weighted by Gasteiger charge is 2.65. The number of piperidine rings is 1. The molecule has 4 unspecified atom stereocenters. The molecular weight excluding hydrogens is 148 g/mol. The van der Waals surface area contributed by atoms with Crippen LogP contribution in [0.2, 0.25) is 0 Å². The minimum atomic E-state index is 0.961. The van der Waals surface area contributed by atoms with Crippen LogP contribution in [0.25, 0.3) is 0 Å². The van der Waals surface area contributed by atoms with E-state index in [-0.39, 0.29) is 0 Å². The number of hydrogen-bond acceptors (Lipinski definition) is 2. The smallest absolute Gasteiger partial charge is 0.0330 e. The summed E-state index contributed by atoms with van der Waals surface area (Å²) in [7, 11) is 2.32. The van der Waals surface area contributed by atoms with E-state index in [1.54, 1.807) is 0 Å². The summed E-state index contributed by atoms with van der Waals surface area (Å²) in [6.45, 7) is 0. The van der Waals surface area contributed by atoms with Gasteiger partial charge in [-0.25, -0.2) is 10.0 Å². The Labute approximate surface area is 73.5 Å². The molecule has 4 atom stereocenters. The lowest BCUT2D eigenvalue weighted by Crippen LogP contribution is -2.37. The van der Waals surface area contributed by atoms with E-state index in [9.17, 15) is 0 Å². The third kappa shape index (κ3) is 0.449. The summed E-state index contributed by atoms with van der Waals surface area (Å²) in [5.41, 5.74) is 0. The standard InChI is InChI=1S/C10H16N2/c1-11-10-6-2-3-7(10)9-5-4-8(6)12(9)11/h6-10H,2-5H2,1H3. The molecule has 3 aliphatic heterocycles. The van der Waals surface area contributed by atoms with Gasteiger partial charge >= 0.3 is 0 Å². The van der Waals surface area contributed by atoms with E-state index in [0.29, 0.717) is 0 Å². The van der Waals surface area contributed by atoms with Gasteiger partial charge in [0.1, 0.15) is 0 Å². The molecule has 0 radical (unpaired) electrons. The Balaban J connectivity index is 1.91. The monoisotopic (exact) mass is 164 g/mol. The van der Waals surface area contributed by atoms with Crippen molar-refractivity contribution in [3.8, 4) is 0 Å². The van der Waals surface area contributed by atoms with Crippen molar-refractivity contribution in [2.24, 2.45) is 11.8 Å². The maximum absolute atomic E-state index is 2.73. The Kier molecular flexibility index (Phi) is 0.921. The van der Waals surface area contributed by atoms with Crippen molar-refractivity contribution < 1.29 is 0 Å². The first kappa shape index (κ1) is 6.39. The van der Waals surface area contributed by atoms with Gasteiger partial charge in [0.25, 0.3) is 0 Å². The van der Waals surface area contributed by atoms with Gasteiger partial charge in [0, 0.05) is 25.2 Å². The topological polar surface area (TPSA) is 6.48 Å². The minimum Gasteiger partial charge on any atom is -0.241 e. The number of hydrazine groups is 1. The first-order valence-electron chi connectivity index (χ1n) is 5.39. The van der Waals surface area contributed by atoms with E-state index >= 15 is 0 Å². The normalized spacial score (nSPS) is 62.2. The van der Waals surface area contributed by atoms with Crippen LogP contribution in [0.3, 0.4) is 0 Å². The average Bonchev–Trinajstić information content (AvgIpc) is 2.62. The van der Waals surface area contributed by atoms with Gasteiger partial charge in [-0.1, -0.05) is 0 Å². The Hall–Kier alpha value is -0.0800. The third-order valence-corrected chi connectivity index (χ3v) is 4.93. The third-order valence-electron chi connectivity index (χ3n) is 4.93. The summed E-state index contributed by atoms with van der Waals surface area (Å²) in [5.74, 6) is 2.11. The van der Waals surface area contributed by atoms with Crippen LogP contribution in [0.5, 0.6) is 0 Å². The van der Waals surface area contributed by atoms with Crippen LogP contribution in [0.15, 0.2) is 0 Å². The van der Waals surface area contributed by atoms with Crippen LogP contribution in [-0.2, 0) is 0 Å². The van der Waals surface area contributed by atoms with Gasteiger partial charge in [-0.3, -0.25) is 0 Å². The van der Waals surface area contributed by atoms with Crippen LogP contribution in [0, 0.1) is 11.8 Å². The molecule has 2 bridgehead atoms. The molecular formula is C10H16N2. The highest BCUT2D eigenvalue weighted by molar-refractivity contribution is 5.15. The molecule has 0 aromatic carbocycles. The molecule has 3 heterocycles. The predicted octanol–water partition coefficient (Wildman–Crippen LogP) is 1.09. The van der Waals surface area contributed by atoms with Gasteiger partial charge in [-0.15, -0.1) is 0 Å². The molecule has 4 fully saturated rings. The van der Waals surface area contributed by atoms with Crippen molar-refractivity contribution in [3.05, 3.63) is 0 Å². The van der Waals surface area contributed by atoms with Gasteiger partial charge < -0.3 is 0 Å². The van der Waals surface area contributed by atoms with Crippen LogP contribution in [-0.4, -0.2) is 35.2 Å². The zero-order chi connectivity index (χ0) is 7.87. The van der Waals surface area contributed by atoms with Gasteiger partial charge in [0.15, 0.2) is 0 Å². The summed E-state index contributed by atoms with van der Waals surface area (Å²) in [4.78, 5) is 0. The second kappa shape index (κ2) is 1.73. The average molecular weight is 164 g/mol. The fourth-order valence-electron chi connectivity index (χ4n) is 4.73. The summed E-state index contributed by atoms with van der Waals surface area (Å²) in [6, 6.07) is 2.88. The SMILES string of the molecule is CN1C2C3CCC2C2CCC3N21. The van der Waals surface area contributed by atoms with Crippen LogP contribution in [0.1, 0.15) is 25.7 Å². The molecule has 2 heteroatoms. The van der Waals surface area contributed by atoms with E-state index < -0.39 is 0 Å². The minimum absolute atomic E-state index is 0.961. The molecule has 0 aromatic rings. The second-order valence-electron chi connectivity index (χ2n) is 5.06. The maximum Gasteiger partial charge on any atom is 0.0330 e. The number of rotatable bonds is 0. The van der Waals surface area contributed by atoms with Gasteiger partial charge in [-0.05, 0) is 37.5 Å². The Bertz CT molecular complexity index is 196. The molecule has 1 aliphatic carbocycles. The Morgan fingerprint density at radius 3 is 2.08 bits per heavy atom. The highest BCUT2D eigenvalue weighted by atomic mass is 15.7. The van der Waals surface area contributed by atoms with Crippen LogP contribution in [0.4, 0.5) is 0 Å². The molecule has 0 spiro atoms. The number of nitrogens with zero attached hydrogens (tertiary/aromatic N) is 2. The van der Waals surface area contributed by atoms with Gasteiger partial charge in [-0.2, -0.15) is 0 Å². The lowest BCUT2D eigenvalue weighted by Gasteiger charge is -2.26. The van der Waals surface area contributed by atoms with Crippen molar-refractivity contribution in [2.75, 3.05) is 7.05 Å². The van der Waals surface area contributed by atoms with E-state index in [2.05, 4.69) is 17.1 Å². The molecule has 1 saturated carbocycles. The molecule has 4 aliphatic rings. The van der Waals surface area contributed by atoms with Crippen molar-refractivity contribution in [3.63, 3.8) is 0 Å². The lowest BCUT2D eigenvalue weighted by atomic mass is 9.91. The predicted molar refractivity (Wildman–Crippen MR) is 46.4 cm³/mol. The largest absolute Gasteiger partial charge is 0.241 e. The highest BCUT2D eigenvalue weighted by Crippen LogP contribution is 2.58. The number of fused-ring (bicyclic) bond motifs is 2. The van der Waals surface area contributed by atoms with E-state index in [1.165, 1.54) is 25.7 Å². The summed E-state index contributed by atoms with van der Waals surface area (Å²) in [5, 5.41) is 5.32. The first-order chi connectivity index (χ1) is 5.88. The van der Waals surface area contributed by atoms with Gasteiger partial charge in [0.05, 0.1) is 0 Å². The van der Waals surface area contributed by atoms with Crippen molar-refractivity contribution in [1.82, 2.24) is 10.0 Å². The van der Waals surface area contributed by atoms with Gasteiger partial charge in [0.2, 0.25) is 0 Å². The lowest BCUT2D eigenvalue weighted by molar-refractivity contribution is 0.0450. The van der Waals surface area contributed by atoms with Crippen LogP contribution >= 0.6 is 0 Å². The number of hydrogen-bond donors (Lipinski definition) is 0. The molecule has 0 amide bonds. The summed E-state index contributed by atoms with van der Waals surface area (Å²) in [6.07, 6.45) is 6.04. The van der Waals surface area contributed by atoms with E-state index in [4.69, 9.17) is 0 Å². The van der Waals surface area contributed by atoms with E-state index in [0.717, 1.165) is 30.0 Å². The Morgan fingerprint density at radius 1 is 0.917 bits per heavy atom. The molecule has 4 rings (SSSR count). The molecule has 12 heavy (non-hydrogen) atoms. The second-order valence-corrected chi connectivity index (χ2v) is 5.06. The zero-order valence-electron chi connectivity index (χ0n) is 7.61. The van der Waals surface area contributed by atoms with Crippen molar-refractivity contribution >= 4 is 0 Å². The first-order valence-corrected chi connectivity index (χ1v) is 5.39. The van der Waals surface area contributed by atoms with Crippen molar-refractivity contribution in [1.29, 1.82) is 0 Å². The summed E-state index contributed by atoms with van der Waals surface area (Å²) >= 11 is 0. The maximum atomic E-state index is 2.73. The fraction of sp³-hybridized carbons (Fsp3) is 1.00. The molecule has 3 saturated heterocycles. The molecule has 66 valence electrons. The zero-order valence-corrected chi connectivity index (χ0v) is 7.61. The quantitative estimate of drug-likeness (QED) is 0.529. The molecule has 2 nitrogen and oxygen atoms in total. The summed E-state index contributed by atoms with van der Waals surface area (Å²) < 4.78 is 0. The molecule has 0 aromatic heterocycles. The fourth-order valence-corrected chi connectivity index (χ4v) is 4.73.